The van der Waals surface area contributed by atoms with Gasteiger partial charge in [0.15, 0.2) is 11.0 Å². The van der Waals surface area contributed by atoms with Gasteiger partial charge in [-0.1, -0.05) is 24.6 Å². The van der Waals surface area contributed by atoms with Crippen LogP contribution in [0.3, 0.4) is 0 Å². The number of carbonyl (C=O) groups is 1. The average Bonchev–Trinajstić information content (AvgIpc) is 3.22. The van der Waals surface area contributed by atoms with Crippen LogP contribution in [0, 0.1) is 5.82 Å². The highest BCUT2D eigenvalue weighted by Gasteiger charge is 2.18. The van der Waals surface area contributed by atoms with Crippen LogP contribution < -0.4 is 5.32 Å². The number of carbonyl (C=O) groups excluding carboxylic acids is 1. The summed E-state index contributed by atoms with van der Waals surface area (Å²) in [5.41, 5.74) is 0.813. The van der Waals surface area contributed by atoms with Gasteiger partial charge in [0, 0.05) is 18.2 Å². The number of nitrogens with zero attached hydrogens (tertiary/aromatic N) is 3. The zero-order chi connectivity index (χ0) is 16.9. The molecule has 0 aliphatic heterocycles. The van der Waals surface area contributed by atoms with Crippen molar-refractivity contribution in [2.75, 3.05) is 5.75 Å². The molecule has 1 saturated carbocycles. The lowest BCUT2D eigenvalue weighted by molar-refractivity contribution is -0.119. The van der Waals surface area contributed by atoms with Crippen LogP contribution in [0.1, 0.15) is 32.6 Å². The first-order valence-electron chi connectivity index (χ1n) is 8.28. The first-order chi connectivity index (χ1) is 11.7. The van der Waals surface area contributed by atoms with Crippen molar-refractivity contribution in [3.8, 4) is 11.4 Å². The Hall–Kier alpha value is -1.89. The molecule has 1 aromatic carbocycles. The highest BCUT2D eigenvalue weighted by Crippen LogP contribution is 2.24. The van der Waals surface area contributed by atoms with Crippen LogP contribution in [-0.4, -0.2) is 32.5 Å². The minimum absolute atomic E-state index is 0.0425. The Bertz CT molecular complexity index is 695. The molecule has 5 nitrogen and oxygen atoms in total. The number of nitrogens with one attached hydrogen (secondary N) is 1. The predicted octanol–water partition coefficient (Wildman–Crippen LogP) is 3.26. The smallest absolute Gasteiger partial charge is 0.230 e. The molecule has 1 aromatic heterocycles. The zero-order valence-corrected chi connectivity index (χ0v) is 14.5. The normalized spacial score (nSPS) is 14.9. The van der Waals surface area contributed by atoms with E-state index < -0.39 is 0 Å². The number of hydrogen-bond donors (Lipinski definition) is 1. The van der Waals surface area contributed by atoms with Crippen molar-refractivity contribution >= 4 is 17.7 Å². The highest BCUT2D eigenvalue weighted by atomic mass is 32.2. The fourth-order valence-corrected chi connectivity index (χ4v) is 3.78. The molecule has 0 unspecified atom stereocenters. The van der Waals surface area contributed by atoms with E-state index in [1.54, 1.807) is 12.1 Å². The molecule has 1 aliphatic carbocycles. The molecule has 128 valence electrons. The molecule has 1 heterocycles. The summed E-state index contributed by atoms with van der Waals surface area (Å²) in [6.45, 7) is 2.69. The van der Waals surface area contributed by atoms with Crippen molar-refractivity contribution in [3.63, 3.8) is 0 Å². The van der Waals surface area contributed by atoms with Crippen molar-refractivity contribution < 1.29 is 9.18 Å². The average molecular weight is 348 g/mol. The molecular formula is C17H21FN4OS. The Morgan fingerprint density at radius 1 is 1.29 bits per heavy atom. The summed E-state index contributed by atoms with van der Waals surface area (Å²) >= 11 is 1.38. The number of rotatable bonds is 6. The maximum atomic E-state index is 13.1. The number of thioether (sulfide) groups is 1. The van der Waals surface area contributed by atoms with Gasteiger partial charge in [-0.3, -0.25) is 4.79 Å². The first kappa shape index (κ1) is 17.0. The molecule has 0 saturated heterocycles. The van der Waals surface area contributed by atoms with Gasteiger partial charge in [0.25, 0.3) is 0 Å². The van der Waals surface area contributed by atoms with E-state index in [1.807, 2.05) is 11.5 Å². The van der Waals surface area contributed by atoms with Crippen LogP contribution >= 0.6 is 11.8 Å². The van der Waals surface area contributed by atoms with Gasteiger partial charge in [-0.15, -0.1) is 10.2 Å². The predicted molar refractivity (Wildman–Crippen MR) is 92.2 cm³/mol. The summed E-state index contributed by atoms with van der Waals surface area (Å²) in [7, 11) is 0. The number of amides is 1. The van der Waals surface area contributed by atoms with Gasteiger partial charge in [0.2, 0.25) is 5.91 Å². The van der Waals surface area contributed by atoms with E-state index in [4.69, 9.17) is 0 Å². The van der Waals surface area contributed by atoms with E-state index in [2.05, 4.69) is 15.5 Å². The summed E-state index contributed by atoms with van der Waals surface area (Å²) in [4.78, 5) is 12.1. The second-order valence-electron chi connectivity index (χ2n) is 5.89. The van der Waals surface area contributed by atoms with E-state index in [0.29, 0.717) is 29.3 Å². The molecule has 0 spiro atoms. The van der Waals surface area contributed by atoms with E-state index in [-0.39, 0.29) is 11.7 Å². The van der Waals surface area contributed by atoms with Crippen LogP contribution in [0.5, 0.6) is 0 Å². The molecule has 7 heteroatoms. The van der Waals surface area contributed by atoms with Gasteiger partial charge < -0.3 is 9.88 Å². The maximum Gasteiger partial charge on any atom is 0.230 e. The molecule has 24 heavy (non-hydrogen) atoms. The van der Waals surface area contributed by atoms with Gasteiger partial charge in [-0.05, 0) is 44.0 Å². The second-order valence-corrected chi connectivity index (χ2v) is 6.84. The van der Waals surface area contributed by atoms with E-state index in [0.717, 1.165) is 18.4 Å². The summed E-state index contributed by atoms with van der Waals surface area (Å²) in [6.07, 6.45) is 4.55. The van der Waals surface area contributed by atoms with E-state index in [9.17, 15) is 9.18 Å². The monoisotopic (exact) mass is 348 g/mol. The lowest BCUT2D eigenvalue weighted by Crippen LogP contribution is -2.33. The first-order valence-corrected chi connectivity index (χ1v) is 9.27. The van der Waals surface area contributed by atoms with E-state index in [1.165, 1.54) is 36.7 Å². The Morgan fingerprint density at radius 3 is 2.67 bits per heavy atom. The van der Waals surface area contributed by atoms with Gasteiger partial charge in [-0.2, -0.15) is 0 Å². The quantitative estimate of drug-likeness (QED) is 0.814. The summed E-state index contributed by atoms with van der Waals surface area (Å²) < 4.78 is 15.0. The Balaban J connectivity index is 1.65. The summed E-state index contributed by atoms with van der Waals surface area (Å²) in [5, 5.41) is 12.2. The molecule has 0 radical (unpaired) electrons. The third-order valence-corrected chi connectivity index (χ3v) is 5.15. The number of hydrogen-bond acceptors (Lipinski definition) is 4. The third-order valence-electron chi connectivity index (χ3n) is 4.19. The molecule has 1 fully saturated rings. The van der Waals surface area contributed by atoms with Crippen LogP contribution in [0.2, 0.25) is 0 Å². The van der Waals surface area contributed by atoms with Crippen LogP contribution in [0.25, 0.3) is 11.4 Å². The largest absolute Gasteiger partial charge is 0.353 e. The lowest BCUT2D eigenvalue weighted by Gasteiger charge is -2.11. The standard InChI is InChI=1S/C17H21FN4OS/c1-2-22-16(12-7-9-13(18)10-8-12)20-21-17(22)24-11-15(23)19-14-5-3-4-6-14/h7-10,14H,2-6,11H2,1H3,(H,19,23). The second kappa shape index (κ2) is 7.79. The molecule has 0 atom stereocenters. The maximum absolute atomic E-state index is 13.1. The number of halogens is 1. The Morgan fingerprint density at radius 2 is 2.00 bits per heavy atom. The summed E-state index contributed by atoms with van der Waals surface area (Å²) in [5.74, 6) is 0.787. The molecule has 3 rings (SSSR count). The van der Waals surface area contributed by atoms with Gasteiger partial charge in [0.1, 0.15) is 5.82 Å². The molecule has 1 N–H and O–H groups in total. The Kier molecular flexibility index (Phi) is 5.50. The van der Waals surface area contributed by atoms with Crippen LogP contribution in [0.4, 0.5) is 4.39 Å². The van der Waals surface area contributed by atoms with Crippen molar-refractivity contribution in [2.24, 2.45) is 0 Å². The van der Waals surface area contributed by atoms with Gasteiger partial charge in [-0.25, -0.2) is 4.39 Å². The minimum atomic E-state index is -0.278. The van der Waals surface area contributed by atoms with Crippen LogP contribution in [0.15, 0.2) is 29.4 Å². The Labute approximate surface area is 145 Å². The number of aromatic nitrogens is 3. The molecule has 0 bridgehead atoms. The van der Waals surface area contributed by atoms with Gasteiger partial charge in [0.05, 0.1) is 5.75 Å². The third kappa shape index (κ3) is 3.95. The van der Waals surface area contributed by atoms with Gasteiger partial charge >= 0.3 is 0 Å². The van der Waals surface area contributed by atoms with Crippen molar-refractivity contribution in [1.82, 2.24) is 20.1 Å². The minimum Gasteiger partial charge on any atom is -0.353 e. The fourth-order valence-electron chi connectivity index (χ4n) is 2.96. The van der Waals surface area contributed by atoms with E-state index >= 15 is 0 Å². The highest BCUT2D eigenvalue weighted by molar-refractivity contribution is 7.99. The van der Waals surface area contributed by atoms with Crippen molar-refractivity contribution in [1.29, 1.82) is 0 Å². The SMILES string of the molecule is CCn1c(SCC(=O)NC2CCCC2)nnc1-c1ccc(F)cc1. The topological polar surface area (TPSA) is 59.8 Å². The van der Waals surface area contributed by atoms with Crippen LogP contribution in [-0.2, 0) is 11.3 Å². The van der Waals surface area contributed by atoms with Crippen molar-refractivity contribution in [3.05, 3.63) is 30.1 Å². The molecule has 2 aromatic rings. The molecular weight excluding hydrogens is 327 g/mol. The number of benzene rings is 1. The fraction of sp³-hybridized carbons (Fsp3) is 0.471. The lowest BCUT2D eigenvalue weighted by atomic mass is 10.2. The zero-order valence-electron chi connectivity index (χ0n) is 13.7. The summed E-state index contributed by atoms with van der Waals surface area (Å²) in [6, 6.07) is 6.52. The molecule has 1 aliphatic rings. The van der Waals surface area contributed by atoms with Crippen molar-refractivity contribution in [2.45, 2.75) is 50.4 Å². The molecule has 1 amide bonds.